The van der Waals surface area contributed by atoms with Gasteiger partial charge in [0.2, 0.25) is 0 Å². The zero-order chi connectivity index (χ0) is 20.6. The van der Waals surface area contributed by atoms with Gasteiger partial charge in [-0.3, -0.25) is 14.9 Å². The van der Waals surface area contributed by atoms with Crippen LogP contribution < -0.4 is 10.1 Å². The molecule has 0 aliphatic carbocycles. The van der Waals surface area contributed by atoms with Crippen LogP contribution in [-0.4, -0.2) is 10.8 Å². The maximum absolute atomic E-state index is 12.6. The van der Waals surface area contributed by atoms with Gasteiger partial charge in [0.25, 0.3) is 11.6 Å². The third kappa shape index (κ3) is 4.84. The fourth-order valence-corrected chi connectivity index (χ4v) is 2.54. The smallest absolute Gasteiger partial charge is 0.276 e. The molecule has 0 fully saturated rings. The van der Waals surface area contributed by atoms with E-state index in [4.69, 9.17) is 4.74 Å². The van der Waals surface area contributed by atoms with E-state index in [1.54, 1.807) is 48.5 Å². The van der Waals surface area contributed by atoms with Gasteiger partial charge in [-0.05, 0) is 36.4 Å². The topological polar surface area (TPSA) is 105 Å². The van der Waals surface area contributed by atoms with Gasteiger partial charge in [0.05, 0.1) is 16.2 Å². The fourth-order valence-electron chi connectivity index (χ4n) is 2.54. The molecule has 0 aromatic heterocycles. The molecule has 3 aromatic carbocycles. The normalized spacial score (nSPS) is 10.7. The Morgan fingerprint density at radius 3 is 2.38 bits per heavy atom. The van der Waals surface area contributed by atoms with E-state index in [0.717, 1.165) is 0 Å². The summed E-state index contributed by atoms with van der Waals surface area (Å²) in [4.78, 5) is 23.2. The molecule has 0 spiro atoms. The van der Waals surface area contributed by atoms with Crippen molar-refractivity contribution in [2.24, 2.45) is 0 Å². The standard InChI is InChI=1S/C22H15N3O4/c23-15-17(14-16-8-4-6-12-20(16)25(27)28)22(26)24-19-11-5-7-13-21(19)29-18-9-2-1-3-10-18/h1-14H,(H,24,26). The monoisotopic (exact) mass is 385 g/mol. The number of carbonyl (C=O) groups excluding carboxylic acids is 1. The van der Waals surface area contributed by atoms with Crippen molar-refractivity contribution < 1.29 is 14.5 Å². The highest BCUT2D eigenvalue weighted by molar-refractivity contribution is 6.10. The van der Waals surface area contributed by atoms with Gasteiger partial charge in [0.1, 0.15) is 17.4 Å². The lowest BCUT2D eigenvalue weighted by molar-refractivity contribution is -0.385. The number of ether oxygens (including phenoxy) is 1. The van der Waals surface area contributed by atoms with Crippen molar-refractivity contribution in [2.45, 2.75) is 0 Å². The molecule has 7 nitrogen and oxygen atoms in total. The molecule has 1 N–H and O–H groups in total. The number of nitriles is 1. The highest BCUT2D eigenvalue weighted by atomic mass is 16.6. The van der Waals surface area contributed by atoms with Crippen LogP contribution in [0.25, 0.3) is 6.08 Å². The van der Waals surface area contributed by atoms with Crippen molar-refractivity contribution in [1.82, 2.24) is 0 Å². The van der Waals surface area contributed by atoms with Crippen LogP contribution in [0.3, 0.4) is 0 Å². The summed E-state index contributed by atoms with van der Waals surface area (Å²) in [5.74, 6) is 0.287. The molecule has 0 aliphatic heterocycles. The first-order valence-corrected chi connectivity index (χ1v) is 8.57. The Hall–Kier alpha value is -4.44. The van der Waals surface area contributed by atoms with E-state index in [1.165, 1.54) is 24.3 Å². The van der Waals surface area contributed by atoms with Crippen LogP contribution in [0.5, 0.6) is 11.5 Å². The lowest BCUT2D eigenvalue weighted by Gasteiger charge is -2.12. The van der Waals surface area contributed by atoms with Crippen molar-refractivity contribution in [2.75, 3.05) is 5.32 Å². The second-order valence-corrected chi connectivity index (χ2v) is 5.85. The number of benzene rings is 3. The summed E-state index contributed by atoms with van der Waals surface area (Å²) >= 11 is 0. The first-order chi connectivity index (χ1) is 14.1. The molecular weight excluding hydrogens is 370 g/mol. The van der Waals surface area contributed by atoms with Crippen molar-refractivity contribution in [1.29, 1.82) is 5.26 Å². The van der Waals surface area contributed by atoms with E-state index in [1.807, 2.05) is 18.2 Å². The number of nitrogens with one attached hydrogen (secondary N) is 1. The molecule has 0 radical (unpaired) electrons. The van der Waals surface area contributed by atoms with Crippen LogP contribution in [0.1, 0.15) is 5.56 Å². The number of rotatable bonds is 6. The van der Waals surface area contributed by atoms with Gasteiger partial charge in [-0.2, -0.15) is 5.26 Å². The first kappa shape index (κ1) is 19.3. The van der Waals surface area contributed by atoms with Crippen LogP contribution in [0.2, 0.25) is 0 Å². The van der Waals surface area contributed by atoms with Crippen molar-refractivity contribution >= 4 is 23.4 Å². The molecule has 0 saturated heterocycles. The van der Waals surface area contributed by atoms with Crippen molar-refractivity contribution in [3.63, 3.8) is 0 Å². The SMILES string of the molecule is N#CC(=Cc1ccccc1[N+](=O)[O-])C(=O)Nc1ccccc1Oc1ccccc1. The molecule has 29 heavy (non-hydrogen) atoms. The summed E-state index contributed by atoms with van der Waals surface area (Å²) in [7, 11) is 0. The minimum absolute atomic E-state index is 0.165. The number of nitro groups is 1. The average molecular weight is 385 g/mol. The summed E-state index contributed by atoms with van der Waals surface area (Å²) < 4.78 is 5.79. The Morgan fingerprint density at radius 1 is 1.00 bits per heavy atom. The molecule has 0 heterocycles. The lowest BCUT2D eigenvalue weighted by Crippen LogP contribution is -2.14. The van der Waals surface area contributed by atoms with Crippen LogP contribution >= 0.6 is 0 Å². The zero-order valence-electron chi connectivity index (χ0n) is 15.1. The van der Waals surface area contributed by atoms with Gasteiger partial charge in [-0.25, -0.2) is 0 Å². The number of amides is 1. The largest absolute Gasteiger partial charge is 0.455 e. The number of carbonyl (C=O) groups is 1. The predicted molar refractivity (Wildman–Crippen MR) is 108 cm³/mol. The molecule has 3 rings (SSSR count). The summed E-state index contributed by atoms with van der Waals surface area (Å²) in [6, 6.07) is 23.5. The van der Waals surface area contributed by atoms with Gasteiger partial charge in [0, 0.05) is 6.07 Å². The first-order valence-electron chi connectivity index (χ1n) is 8.57. The molecule has 0 atom stereocenters. The van der Waals surface area contributed by atoms with Gasteiger partial charge < -0.3 is 10.1 Å². The highest BCUT2D eigenvalue weighted by Crippen LogP contribution is 2.29. The molecule has 1 amide bonds. The molecular formula is C22H15N3O4. The summed E-state index contributed by atoms with van der Waals surface area (Å²) in [5, 5.41) is 23.2. The Labute approximate surface area is 166 Å². The average Bonchev–Trinajstić information content (AvgIpc) is 2.74. The Balaban J connectivity index is 1.86. The van der Waals surface area contributed by atoms with Gasteiger partial charge >= 0.3 is 0 Å². The number of para-hydroxylation sites is 4. The van der Waals surface area contributed by atoms with Gasteiger partial charge in [-0.15, -0.1) is 0 Å². The number of nitro benzene ring substituents is 1. The van der Waals surface area contributed by atoms with Crippen LogP contribution in [0.15, 0.2) is 84.4 Å². The Kier molecular flexibility index (Phi) is 5.98. The van der Waals surface area contributed by atoms with Gasteiger partial charge in [-0.1, -0.05) is 42.5 Å². The number of nitrogens with zero attached hydrogens (tertiary/aromatic N) is 2. The Morgan fingerprint density at radius 2 is 1.66 bits per heavy atom. The molecule has 3 aromatic rings. The predicted octanol–water partition coefficient (Wildman–Crippen LogP) is 4.93. The Bertz CT molecular complexity index is 1120. The van der Waals surface area contributed by atoms with E-state index in [9.17, 15) is 20.2 Å². The van der Waals surface area contributed by atoms with Crippen LogP contribution in [0.4, 0.5) is 11.4 Å². The maximum atomic E-state index is 12.6. The minimum atomic E-state index is -0.699. The fraction of sp³-hybridized carbons (Fsp3) is 0. The highest BCUT2D eigenvalue weighted by Gasteiger charge is 2.16. The van der Waals surface area contributed by atoms with E-state index in [-0.39, 0.29) is 16.8 Å². The lowest BCUT2D eigenvalue weighted by atomic mass is 10.1. The number of hydrogen-bond donors (Lipinski definition) is 1. The van der Waals surface area contributed by atoms with Crippen molar-refractivity contribution in [3.05, 3.63) is 100 Å². The van der Waals surface area contributed by atoms with Gasteiger partial charge in [0.15, 0.2) is 5.75 Å². The summed E-state index contributed by atoms with van der Waals surface area (Å²) in [6.45, 7) is 0. The van der Waals surface area contributed by atoms with E-state index in [2.05, 4.69) is 5.32 Å². The number of anilines is 1. The second kappa shape index (κ2) is 8.97. The molecule has 7 heteroatoms. The molecule has 0 bridgehead atoms. The zero-order valence-corrected chi connectivity index (χ0v) is 15.1. The number of hydrogen-bond acceptors (Lipinski definition) is 5. The summed E-state index contributed by atoms with van der Waals surface area (Å²) in [5.41, 5.74) is 0.0674. The summed E-state index contributed by atoms with van der Waals surface area (Å²) in [6.07, 6.45) is 1.19. The van der Waals surface area contributed by atoms with Crippen LogP contribution in [-0.2, 0) is 4.79 Å². The third-order valence-corrected chi connectivity index (χ3v) is 3.90. The minimum Gasteiger partial charge on any atom is -0.455 e. The second-order valence-electron chi connectivity index (χ2n) is 5.85. The third-order valence-electron chi connectivity index (χ3n) is 3.90. The molecule has 0 saturated carbocycles. The molecule has 0 unspecified atom stereocenters. The van der Waals surface area contributed by atoms with E-state index >= 15 is 0 Å². The maximum Gasteiger partial charge on any atom is 0.276 e. The van der Waals surface area contributed by atoms with E-state index in [0.29, 0.717) is 17.2 Å². The van der Waals surface area contributed by atoms with Crippen molar-refractivity contribution in [3.8, 4) is 17.6 Å². The van der Waals surface area contributed by atoms with Crippen LogP contribution in [0, 0.1) is 21.4 Å². The molecule has 0 aliphatic rings. The molecule has 142 valence electrons. The quantitative estimate of drug-likeness (QED) is 0.280. The van der Waals surface area contributed by atoms with E-state index < -0.39 is 10.8 Å².